The Kier molecular flexibility index (Phi) is 3.95. The van der Waals surface area contributed by atoms with Gasteiger partial charge in [0.15, 0.2) is 0 Å². The van der Waals surface area contributed by atoms with Crippen LogP contribution in [0.5, 0.6) is 0 Å². The molecule has 0 aliphatic heterocycles. The molecule has 1 heterocycles. The number of halogens is 1. The summed E-state index contributed by atoms with van der Waals surface area (Å²) in [5, 5.41) is 0. The maximum atomic E-state index is 4.16. The number of rotatable bonds is 3. The smallest absolute Gasteiger partial charge is 0.0450 e. The summed E-state index contributed by atoms with van der Waals surface area (Å²) in [7, 11) is 0. The van der Waals surface area contributed by atoms with Gasteiger partial charge in [0.25, 0.3) is 0 Å². The first-order valence-corrected chi connectivity index (χ1v) is 6.68. The Morgan fingerprint density at radius 2 is 2.06 bits per heavy atom. The molecule has 2 rings (SSSR count). The Morgan fingerprint density at radius 1 is 1.24 bits per heavy atom. The molecular formula is C15H16BrN. The molecule has 0 fully saturated rings. The number of hydrogen-bond acceptors (Lipinski definition) is 1. The number of aryl methyl sites for hydroxylation is 2. The quantitative estimate of drug-likeness (QED) is 0.765. The molecule has 1 aromatic heterocycles. The zero-order valence-electron chi connectivity index (χ0n) is 10.2. The van der Waals surface area contributed by atoms with Crippen LogP contribution < -0.4 is 0 Å². The third kappa shape index (κ3) is 3.16. The highest BCUT2D eigenvalue weighted by Gasteiger charge is 2.10. The van der Waals surface area contributed by atoms with Gasteiger partial charge >= 0.3 is 0 Å². The maximum absolute atomic E-state index is 4.16. The number of nitrogens with zero attached hydrogens (tertiary/aromatic N) is 1. The molecule has 88 valence electrons. The molecule has 1 nitrogen and oxygen atoms in total. The van der Waals surface area contributed by atoms with E-state index >= 15 is 0 Å². The normalized spacial score (nSPS) is 12.4. The van der Waals surface area contributed by atoms with E-state index in [0.717, 1.165) is 6.42 Å². The molecule has 0 aliphatic rings. The van der Waals surface area contributed by atoms with Crippen LogP contribution in [0.1, 0.15) is 27.1 Å². The van der Waals surface area contributed by atoms with E-state index in [1.807, 2.05) is 12.3 Å². The van der Waals surface area contributed by atoms with Crippen LogP contribution in [0, 0.1) is 13.8 Å². The second-order valence-electron chi connectivity index (χ2n) is 4.39. The molecule has 0 N–H and O–H groups in total. The monoisotopic (exact) mass is 289 g/mol. The first-order valence-electron chi connectivity index (χ1n) is 5.77. The summed E-state index contributed by atoms with van der Waals surface area (Å²) in [5.41, 5.74) is 5.30. The lowest BCUT2D eigenvalue weighted by Gasteiger charge is -2.12. The summed E-state index contributed by atoms with van der Waals surface area (Å²) in [6.45, 7) is 4.30. The summed E-state index contributed by atoms with van der Waals surface area (Å²) in [6, 6.07) is 10.7. The predicted octanol–water partition coefficient (Wildman–Crippen LogP) is 4.38. The molecule has 2 heteroatoms. The first kappa shape index (κ1) is 12.3. The number of pyridine rings is 1. The Morgan fingerprint density at radius 3 is 2.76 bits per heavy atom. The molecule has 1 aromatic carbocycles. The van der Waals surface area contributed by atoms with Crippen molar-refractivity contribution >= 4 is 15.9 Å². The van der Waals surface area contributed by atoms with Crippen molar-refractivity contribution in [1.29, 1.82) is 0 Å². The fourth-order valence-electron chi connectivity index (χ4n) is 1.89. The highest BCUT2D eigenvalue weighted by molar-refractivity contribution is 9.09. The third-order valence-electron chi connectivity index (χ3n) is 2.95. The van der Waals surface area contributed by atoms with Gasteiger partial charge in [-0.05, 0) is 43.0 Å². The van der Waals surface area contributed by atoms with Gasteiger partial charge < -0.3 is 0 Å². The molecular weight excluding hydrogens is 274 g/mol. The average Bonchev–Trinajstić information content (AvgIpc) is 2.35. The van der Waals surface area contributed by atoms with Gasteiger partial charge in [0.1, 0.15) is 0 Å². The van der Waals surface area contributed by atoms with Crippen molar-refractivity contribution in [3.05, 3.63) is 65.0 Å². The fraction of sp³-hybridized carbons (Fsp3) is 0.267. The lowest BCUT2D eigenvalue weighted by atomic mass is 9.99. The zero-order valence-corrected chi connectivity index (χ0v) is 11.7. The molecule has 0 saturated carbocycles. The summed E-state index contributed by atoms with van der Waals surface area (Å²) in [5.74, 6) is 0. The van der Waals surface area contributed by atoms with Gasteiger partial charge in [-0.1, -0.05) is 45.8 Å². The van der Waals surface area contributed by atoms with Crippen molar-refractivity contribution in [3.63, 3.8) is 0 Å². The van der Waals surface area contributed by atoms with Crippen LogP contribution in [0.4, 0.5) is 0 Å². The standard InChI is InChI=1S/C15H16BrN/c1-11-5-6-12(2)14(8-11)9-15(16)13-4-3-7-17-10-13/h3-8,10,15H,9H2,1-2H3. The highest BCUT2D eigenvalue weighted by atomic mass is 79.9. The maximum Gasteiger partial charge on any atom is 0.0450 e. The van der Waals surface area contributed by atoms with E-state index < -0.39 is 0 Å². The second kappa shape index (κ2) is 5.46. The fourth-order valence-corrected chi connectivity index (χ4v) is 2.51. The summed E-state index contributed by atoms with van der Waals surface area (Å²) in [4.78, 5) is 4.49. The molecule has 17 heavy (non-hydrogen) atoms. The van der Waals surface area contributed by atoms with E-state index in [-0.39, 0.29) is 0 Å². The summed E-state index contributed by atoms with van der Waals surface area (Å²) in [6.07, 6.45) is 4.73. The van der Waals surface area contributed by atoms with E-state index in [2.05, 4.69) is 59.0 Å². The molecule has 0 amide bonds. The van der Waals surface area contributed by atoms with Crippen LogP contribution in [0.15, 0.2) is 42.7 Å². The molecule has 0 bridgehead atoms. The SMILES string of the molecule is Cc1ccc(C)c(CC(Br)c2cccnc2)c1. The molecule has 0 saturated heterocycles. The van der Waals surface area contributed by atoms with Gasteiger partial charge in [-0.25, -0.2) is 0 Å². The topological polar surface area (TPSA) is 12.9 Å². The van der Waals surface area contributed by atoms with Crippen LogP contribution in [0.25, 0.3) is 0 Å². The molecule has 0 aliphatic carbocycles. The first-order chi connectivity index (χ1) is 8.16. The van der Waals surface area contributed by atoms with Crippen molar-refractivity contribution in [2.24, 2.45) is 0 Å². The van der Waals surface area contributed by atoms with Crippen LogP contribution in [0.2, 0.25) is 0 Å². The number of aromatic nitrogens is 1. The van der Waals surface area contributed by atoms with E-state index in [1.165, 1.54) is 22.3 Å². The number of benzene rings is 1. The van der Waals surface area contributed by atoms with Crippen LogP contribution >= 0.6 is 15.9 Å². The van der Waals surface area contributed by atoms with Crippen molar-refractivity contribution in [2.45, 2.75) is 25.1 Å². The second-order valence-corrected chi connectivity index (χ2v) is 5.49. The number of alkyl halides is 1. The van der Waals surface area contributed by atoms with Gasteiger partial charge in [0.05, 0.1) is 0 Å². The van der Waals surface area contributed by atoms with Crippen LogP contribution in [-0.2, 0) is 6.42 Å². The van der Waals surface area contributed by atoms with Crippen LogP contribution in [0.3, 0.4) is 0 Å². The minimum absolute atomic E-state index is 0.330. The molecule has 0 radical (unpaired) electrons. The molecule has 0 spiro atoms. The Labute approximate surface area is 111 Å². The van der Waals surface area contributed by atoms with Crippen molar-refractivity contribution < 1.29 is 0 Å². The average molecular weight is 290 g/mol. The van der Waals surface area contributed by atoms with Crippen molar-refractivity contribution in [2.75, 3.05) is 0 Å². The van der Waals surface area contributed by atoms with Gasteiger partial charge in [-0.3, -0.25) is 4.98 Å². The largest absolute Gasteiger partial charge is 0.264 e. The van der Waals surface area contributed by atoms with E-state index in [0.29, 0.717) is 4.83 Å². The Balaban J connectivity index is 2.18. The predicted molar refractivity (Wildman–Crippen MR) is 75.5 cm³/mol. The Bertz CT molecular complexity index is 494. The molecule has 1 unspecified atom stereocenters. The third-order valence-corrected chi connectivity index (χ3v) is 3.80. The highest BCUT2D eigenvalue weighted by Crippen LogP contribution is 2.27. The Hall–Kier alpha value is -1.15. The minimum atomic E-state index is 0.330. The molecule has 1 atom stereocenters. The summed E-state index contributed by atoms with van der Waals surface area (Å²) >= 11 is 3.74. The van der Waals surface area contributed by atoms with Gasteiger partial charge in [-0.2, -0.15) is 0 Å². The number of hydrogen-bond donors (Lipinski definition) is 0. The molecule has 2 aromatic rings. The van der Waals surface area contributed by atoms with Gasteiger partial charge in [-0.15, -0.1) is 0 Å². The van der Waals surface area contributed by atoms with Crippen LogP contribution in [-0.4, -0.2) is 4.98 Å². The zero-order chi connectivity index (χ0) is 12.3. The lowest BCUT2D eigenvalue weighted by Crippen LogP contribution is -1.98. The van der Waals surface area contributed by atoms with E-state index in [1.54, 1.807) is 6.20 Å². The minimum Gasteiger partial charge on any atom is -0.264 e. The van der Waals surface area contributed by atoms with Crippen molar-refractivity contribution in [3.8, 4) is 0 Å². The van der Waals surface area contributed by atoms with E-state index in [4.69, 9.17) is 0 Å². The van der Waals surface area contributed by atoms with Gasteiger partial charge in [0.2, 0.25) is 0 Å². The lowest BCUT2D eigenvalue weighted by molar-refractivity contribution is 0.927. The summed E-state index contributed by atoms with van der Waals surface area (Å²) < 4.78 is 0. The van der Waals surface area contributed by atoms with E-state index in [9.17, 15) is 0 Å². The van der Waals surface area contributed by atoms with Gasteiger partial charge in [0, 0.05) is 17.2 Å². The van der Waals surface area contributed by atoms with Crippen molar-refractivity contribution in [1.82, 2.24) is 4.98 Å².